The first-order chi connectivity index (χ1) is 13.0. The fraction of sp³-hybridized carbons (Fsp3) is 0.421. The highest BCUT2D eigenvalue weighted by Gasteiger charge is 2.22. The van der Waals surface area contributed by atoms with Crippen LogP contribution in [0.15, 0.2) is 24.5 Å². The second kappa shape index (κ2) is 8.39. The molecule has 1 aromatic heterocycles. The van der Waals surface area contributed by atoms with Crippen LogP contribution >= 0.6 is 0 Å². The summed E-state index contributed by atoms with van der Waals surface area (Å²) in [6.45, 7) is 7.14. The lowest BCUT2D eigenvalue weighted by Crippen LogP contribution is -2.49. The molecule has 6 nitrogen and oxygen atoms in total. The Morgan fingerprint density at radius 1 is 1.19 bits per heavy atom. The Balaban J connectivity index is 1.55. The van der Waals surface area contributed by atoms with Gasteiger partial charge >= 0.3 is 0 Å². The topological polar surface area (TPSA) is 61.4 Å². The lowest BCUT2D eigenvalue weighted by molar-refractivity contribution is -0.117. The average molecular weight is 375 g/mol. The quantitative estimate of drug-likeness (QED) is 0.870. The molecule has 0 unspecified atom stereocenters. The minimum atomic E-state index is -0.778. The highest BCUT2D eigenvalue weighted by atomic mass is 19.1. The number of nitrogens with one attached hydrogen (secondary N) is 1. The van der Waals surface area contributed by atoms with E-state index in [4.69, 9.17) is 0 Å². The summed E-state index contributed by atoms with van der Waals surface area (Å²) in [6, 6.07) is 3.10. The third-order valence-electron chi connectivity index (χ3n) is 4.74. The Morgan fingerprint density at radius 3 is 2.59 bits per heavy atom. The molecule has 0 aliphatic carbocycles. The van der Waals surface area contributed by atoms with E-state index in [1.807, 2.05) is 11.8 Å². The van der Waals surface area contributed by atoms with Gasteiger partial charge in [-0.15, -0.1) is 0 Å². The van der Waals surface area contributed by atoms with E-state index in [0.717, 1.165) is 48.7 Å². The molecule has 1 fully saturated rings. The minimum absolute atomic E-state index is 0.0101. The summed E-state index contributed by atoms with van der Waals surface area (Å²) in [4.78, 5) is 25.1. The second-order valence-corrected chi connectivity index (χ2v) is 6.55. The van der Waals surface area contributed by atoms with Gasteiger partial charge in [0.1, 0.15) is 23.8 Å². The van der Waals surface area contributed by atoms with Gasteiger partial charge in [0.25, 0.3) is 0 Å². The van der Waals surface area contributed by atoms with Crippen LogP contribution in [0.4, 0.5) is 20.3 Å². The number of hydrogen-bond donors (Lipinski definition) is 1. The first kappa shape index (κ1) is 19.2. The molecule has 1 amide bonds. The predicted octanol–water partition coefficient (Wildman–Crippen LogP) is 2.39. The standard InChI is InChI=1S/C19H23F2N5O/c1-3-15-13(2)22-12-23-19(15)26-8-6-25(7-9-26)11-18(27)24-17-5-4-14(20)10-16(17)21/h4-5,10,12H,3,6-9,11H2,1-2H3,(H,24,27). The Hall–Kier alpha value is -2.61. The van der Waals surface area contributed by atoms with Crippen LogP contribution in [-0.2, 0) is 11.2 Å². The highest BCUT2D eigenvalue weighted by molar-refractivity contribution is 5.92. The van der Waals surface area contributed by atoms with Crippen molar-refractivity contribution in [2.24, 2.45) is 0 Å². The number of aryl methyl sites for hydroxylation is 1. The zero-order valence-electron chi connectivity index (χ0n) is 15.5. The van der Waals surface area contributed by atoms with Gasteiger partial charge in [0.05, 0.1) is 12.2 Å². The molecule has 1 saturated heterocycles. The summed E-state index contributed by atoms with van der Waals surface area (Å²) in [5.74, 6) is -0.809. The molecule has 3 rings (SSSR count). The highest BCUT2D eigenvalue weighted by Crippen LogP contribution is 2.21. The van der Waals surface area contributed by atoms with Crippen LogP contribution < -0.4 is 10.2 Å². The van der Waals surface area contributed by atoms with Crippen molar-refractivity contribution >= 4 is 17.4 Å². The Morgan fingerprint density at radius 2 is 1.93 bits per heavy atom. The molecule has 0 atom stereocenters. The number of nitrogens with zero attached hydrogens (tertiary/aromatic N) is 4. The molecule has 8 heteroatoms. The number of anilines is 2. The van der Waals surface area contributed by atoms with Gasteiger partial charge in [0, 0.05) is 43.5 Å². The summed E-state index contributed by atoms with van der Waals surface area (Å²) < 4.78 is 26.6. The molecule has 1 aliphatic rings. The Labute approximate surface area is 157 Å². The van der Waals surface area contributed by atoms with Gasteiger partial charge in [0.15, 0.2) is 0 Å². The number of aromatic nitrogens is 2. The maximum absolute atomic E-state index is 13.6. The molecule has 2 aromatic rings. The molecule has 2 heterocycles. The van der Waals surface area contributed by atoms with Crippen molar-refractivity contribution in [1.82, 2.24) is 14.9 Å². The van der Waals surface area contributed by atoms with Gasteiger partial charge in [-0.05, 0) is 25.5 Å². The van der Waals surface area contributed by atoms with E-state index in [9.17, 15) is 13.6 Å². The lowest BCUT2D eigenvalue weighted by Gasteiger charge is -2.35. The van der Waals surface area contributed by atoms with E-state index in [0.29, 0.717) is 13.1 Å². The summed E-state index contributed by atoms with van der Waals surface area (Å²) in [7, 11) is 0. The van der Waals surface area contributed by atoms with Gasteiger partial charge in [-0.25, -0.2) is 18.7 Å². The van der Waals surface area contributed by atoms with E-state index in [1.165, 1.54) is 6.07 Å². The number of halogens is 2. The van der Waals surface area contributed by atoms with E-state index >= 15 is 0 Å². The third kappa shape index (κ3) is 4.57. The number of amides is 1. The van der Waals surface area contributed by atoms with Crippen molar-refractivity contribution in [2.45, 2.75) is 20.3 Å². The first-order valence-electron chi connectivity index (χ1n) is 9.00. The molecule has 0 spiro atoms. The number of hydrogen-bond acceptors (Lipinski definition) is 5. The predicted molar refractivity (Wildman–Crippen MR) is 99.8 cm³/mol. The van der Waals surface area contributed by atoms with Crippen molar-refractivity contribution in [2.75, 3.05) is 42.9 Å². The van der Waals surface area contributed by atoms with Crippen molar-refractivity contribution in [1.29, 1.82) is 0 Å². The molecule has 27 heavy (non-hydrogen) atoms. The number of benzene rings is 1. The third-order valence-corrected chi connectivity index (χ3v) is 4.74. The normalized spacial score (nSPS) is 15.0. The minimum Gasteiger partial charge on any atom is -0.354 e. The fourth-order valence-electron chi connectivity index (χ4n) is 3.28. The molecule has 0 radical (unpaired) electrons. The van der Waals surface area contributed by atoms with Crippen LogP contribution in [0.5, 0.6) is 0 Å². The first-order valence-corrected chi connectivity index (χ1v) is 9.00. The van der Waals surface area contributed by atoms with Crippen LogP contribution in [0.3, 0.4) is 0 Å². The molecular formula is C19H23F2N5O. The molecule has 1 N–H and O–H groups in total. The number of carbonyl (C=O) groups excluding carboxylic acids is 1. The van der Waals surface area contributed by atoms with Crippen LogP contribution in [0.25, 0.3) is 0 Å². The molecule has 0 bridgehead atoms. The summed E-state index contributed by atoms with van der Waals surface area (Å²) >= 11 is 0. The van der Waals surface area contributed by atoms with E-state index in [1.54, 1.807) is 6.33 Å². The van der Waals surface area contributed by atoms with Gasteiger partial charge in [-0.3, -0.25) is 9.69 Å². The van der Waals surface area contributed by atoms with E-state index in [-0.39, 0.29) is 18.1 Å². The lowest BCUT2D eigenvalue weighted by atomic mass is 10.1. The van der Waals surface area contributed by atoms with E-state index in [2.05, 4.69) is 27.1 Å². The van der Waals surface area contributed by atoms with Crippen molar-refractivity contribution < 1.29 is 13.6 Å². The number of rotatable bonds is 5. The smallest absolute Gasteiger partial charge is 0.238 e. The second-order valence-electron chi connectivity index (χ2n) is 6.55. The Bertz CT molecular complexity index is 822. The van der Waals surface area contributed by atoms with Crippen molar-refractivity contribution in [3.8, 4) is 0 Å². The zero-order valence-corrected chi connectivity index (χ0v) is 15.5. The molecular weight excluding hydrogens is 352 g/mol. The molecule has 1 aliphatic heterocycles. The monoisotopic (exact) mass is 375 g/mol. The van der Waals surface area contributed by atoms with Crippen LogP contribution in [0.2, 0.25) is 0 Å². The Kier molecular flexibility index (Phi) is 5.95. The maximum Gasteiger partial charge on any atom is 0.238 e. The average Bonchev–Trinajstić information content (AvgIpc) is 2.64. The van der Waals surface area contributed by atoms with Gasteiger partial charge in [-0.1, -0.05) is 6.92 Å². The number of carbonyl (C=O) groups is 1. The summed E-state index contributed by atoms with van der Waals surface area (Å²) in [6.07, 6.45) is 2.45. The van der Waals surface area contributed by atoms with Crippen molar-refractivity contribution in [3.63, 3.8) is 0 Å². The van der Waals surface area contributed by atoms with Gasteiger partial charge in [0.2, 0.25) is 5.91 Å². The van der Waals surface area contributed by atoms with Crippen LogP contribution in [0, 0.1) is 18.6 Å². The maximum atomic E-state index is 13.6. The largest absolute Gasteiger partial charge is 0.354 e. The zero-order chi connectivity index (χ0) is 19.4. The molecule has 0 saturated carbocycles. The van der Waals surface area contributed by atoms with Crippen LogP contribution in [-0.4, -0.2) is 53.5 Å². The van der Waals surface area contributed by atoms with Crippen LogP contribution in [0.1, 0.15) is 18.2 Å². The summed E-state index contributed by atoms with van der Waals surface area (Å²) in [5.41, 5.74) is 2.13. The van der Waals surface area contributed by atoms with Gasteiger partial charge < -0.3 is 10.2 Å². The summed E-state index contributed by atoms with van der Waals surface area (Å²) in [5, 5.41) is 2.50. The van der Waals surface area contributed by atoms with E-state index < -0.39 is 11.6 Å². The van der Waals surface area contributed by atoms with Gasteiger partial charge in [-0.2, -0.15) is 0 Å². The SMILES string of the molecule is CCc1c(C)ncnc1N1CCN(CC(=O)Nc2ccc(F)cc2F)CC1. The van der Waals surface area contributed by atoms with Crippen molar-refractivity contribution in [3.05, 3.63) is 47.4 Å². The fourth-order valence-corrected chi connectivity index (χ4v) is 3.28. The number of piperazine rings is 1. The molecule has 144 valence electrons. The molecule has 1 aromatic carbocycles.